The van der Waals surface area contributed by atoms with E-state index in [2.05, 4.69) is 31.8 Å². The van der Waals surface area contributed by atoms with Gasteiger partial charge in [-0.1, -0.05) is 45.2 Å². The van der Waals surface area contributed by atoms with E-state index < -0.39 is 0 Å². The number of hydrogen-bond donors (Lipinski definition) is 2. The SMILES string of the molecule is CCCCC(CC)CNC(=O)Cc1ccc(S)cc1. The Morgan fingerprint density at radius 3 is 2.53 bits per heavy atom. The van der Waals surface area contributed by atoms with Crippen LogP contribution >= 0.6 is 12.6 Å². The predicted octanol–water partition coefficient (Wildman–Crippen LogP) is 3.85. The van der Waals surface area contributed by atoms with Gasteiger partial charge in [0, 0.05) is 11.4 Å². The molecule has 2 nitrogen and oxygen atoms in total. The Bertz CT molecular complexity index is 375. The zero-order valence-corrected chi connectivity index (χ0v) is 12.9. The van der Waals surface area contributed by atoms with Gasteiger partial charge in [-0.05, 0) is 30.0 Å². The van der Waals surface area contributed by atoms with E-state index in [-0.39, 0.29) is 5.91 Å². The van der Waals surface area contributed by atoms with Crippen molar-refractivity contribution in [1.82, 2.24) is 5.32 Å². The molecule has 3 heteroatoms. The number of carbonyl (C=O) groups excluding carboxylic acids is 1. The first-order chi connectivity index (χ1) is 9.15. The molecule has 1 N–H and O–H groups in total. The van der Waals surface area contributed by atoms with E-state index in [4.69, 9.17) is 0 Å². The van der Waals surface area contributed by atoms with Crippen LogP contribution in [0.25, 0.3) is 0 Å². The van der Waals surface area contributed by atoms with E-state index in [1.807, 2.05) is 24.3 Å². The second kappa shape index (κ2) is 9.03. The Balaban J connectivity index is 2.32. The molecule has 0 fully saturated rings. The second-order valence-corrected chi connectivity index (χ2v) is 5.58. The Kier molecular flexibility index (Phi) is 7.65. The van der Waals surface area contributed by atoms with Crippen LogP contribution in [0.3, 0.4) is 0 Å². The molecule has 1 aromatic carbocycles. The summed E-state index contributed by atoms with van der Waals surface area (Å²) in [5.41, 5.74) is 1.04. The molecule has 0 aromatic heterocycles. The van der Waals surface area contributed by atoms with Gasteiger partial charge in [0.25, 0.3) is 0 Å². The van der Waals surface area contributed by atoms with E-state index in [1.165, 1.54) is 19.3 Å². The maximum atomic E-state index is 11.9. The fraction of sp³-hybridized carbons (Fsp3) is 0.562. The highest BCUT2D eigenvalue weighted by Gasteiger charge is 2.08. The summed E-state index contributed by atoms with van der Waals surface area (Å²) in [7, 11) is 0. The van der Waals surface area contributed by atoms with Crippen molar-refractivity contribution in [2.24, 2.45) is 5.92 Å². The van der Waals surface area contributed by atoms with Crippen molar-refractivity contribution in [3.05, 3.63) is 29.8 Å². The molecule has 1 unspecified atom stereocenters. The molecule has 0 saturated carbocycles. The lowest BCUT2D eigenvalue weighted by Gasteiger charge is -2.15. The number of benzene rings is 1. The number of nitrogens with one attached hydrogen (secondary N) is 1. The minimum atomic E-state index is 0.113. The Morgan fingerprint density at radius 2 is 1.95 bits per heavy atom. The predicted molar refractivity (Wildman–Crippen MR) is 83.7 cm³/mol. The summed E-state index contributed by atoms with van der Waals surface area (Å²) in [5.74, 6) is 0.727. The van der Waals surface area contributed by atoms with Crippen LogP contribution < -0.4 is 5.32 Å². The average Bonchev–Trinajstić information content (AvgIpc) is 2.42. The van der Waals surface area contributed by atoms with Gasteiger partial charge in [-0.25, -0.2) is 0 Å². The number of rotatable bonds is 8. The molecule has 0 aliphatic heterocycles. The van der Waals surface area contributed by atoms with Crippen molar-refractivity contribution in [2.75, 3.05) is 6.54 Å². The van der Waals surface area contributed by atoms with Gasteiger partial charge in [0.05, 0.1) is 6.42 Å². The summed E-state index contributed by atoms with van der Waals surface area (Å²) in [6, 6.07) is 7.75. The zero-order valence-electron chi connectivity index (χ0n) is 12.0. The molecule has 0 heterocycles. The molecule has 1 aromatic rings. The largest absolute Gasteiger partial charge is 0.356 e. The summed E-state index contributed by atoms with van der Waals surface area (Å²) in [5, 5.41) is 3.05. The molecule has 0 aliphatic carbocycles. The molecule has 1 atom stereocenters. The summed E-state index contributed by atoms with van der Waals surface area (Å²) < 4.78 is 0. The van der Waals surface area contributed by atoms with Crippen LogP contribution in [-0.4, -0.2) is 12.5 Å². The Morgan fingerprint density at radius 1 is 1.26 bits per heavy atom. The lowest BCUT2D eigenvalue weighted by molar-refractivity contribution is -0.120. The molecule has 106 valence electrons. The van der Waals surface area contributed by atoms with Gasteiger partial charge in [-0.2, -0.15) is 0 Å². The van der Waals surface area contributed by atoms with Gasteiger partial charge >= 0.3 is 0 Å². The van der Waals surface area contributed by atoms with Crippen LogP contribution in [0.1, 0.15) is 45.1 Å². The fourth-order valence-electron chi connectivity index (χ4n) is 2.06. The molecule has 19 heavy (non-hydrogen) atoms. The number of hydrogen-bond acceptors (Lipinski definition) is 2. The molecule has 0 radical (unpaired) electrons. The zero-order chi connectivity index (χ0) is 14.1. The van der Waals surface area contributed by atoms with Gasteiger partial charge in [0.1, 0.15) is 0 Å². The molecule has 0 bridgehead atoms. The quantitative estimate of drug-likeness (QED) is 0.695. The van der Waals surface area contributed by atoms with Gasteiger partial charge in [0.15, 0.2) is 0 Å². The van der Waals surface area contributed by atoms with Crippen molar-refractivity contribution >= 4 is 18.5 Å². The number of carbonyl (C=O) groups is 1. The van der Waals surface area contributed by atoms with Crippen molar-refractivity contribution in [3.8, 4) is 0 Å². The first-order valence-corrected chi connectivity index (χ1v) is 7.65. The lowest BCUT2D eigenvalue weighted by Crippen LogP contribution is -2.30. The highest BCUT2D eigenvalue weighted by molar-refractivity contribution is 7.80. The van der Waals surface area contributed by atoms with Crippen LogP contribution in [-0.2, 0) is 11.2 Å². The fourth-order valence-corrected chi connectivity index (χ4v) is 2.21. The van der Waals surface area contributed by atoms with Gasteiger partial charge in [-0.15, -0.1) is 12.6 Å². The molecular weight excluding hydrogens is 254 g/mol. The standard InChI is InChI=1S/C16H25NOS/c1-3-5-6-13(4-2)12-17-16(18)11-14-7-9-15(19)10-8-14/h7-10,13,19H,3-6,11-12H2,1-2H3,(H,17,18). The van der Waals surface area contributed by atoms with E-state index in [0.717, 1.165) is 23.4 Å². The first kappa shape index (κ1) is 16.1. The highest BCUT2D eigenvalue weighted by Crippen LogP contribution is 2.12. The van der Waals surface area contributed by atoms with E-state index in [1.54, 1.807) is 0 Å². The average molecular weight is 279 g/mol. The molecule has 1 amide bonds. The van der Waals surface area contributed by atoms with Gasteiger partial charge < -0.3 is 5.32 Å². The maximum absolute atomic E-state index is 11.9. The van der Waals surface area contributed by atoms with E-state index in [9.17, 15) is 4.79 Å². The molecule has 1 rings (SSSR count). The Hall–Kier alpha value is -0.960. The normalized spacial score (nSPS) is 12.2. The summed E-state index contributed by atoms with van der Waals surface area (Å²) >= 11 is 4.24. The minimum absolute atomic E-state index is 0.113. The van der Waals surface area contributed by atoms with E-state index >= 15 is 0 Å². The number of thiol groups is 1. The Labute approximate surface area is 122 Å². The topological polar surface area (TPSA) is 29.1 Å². The molecule has 0 spiro atoms. The third-order valence-electron chi connectivity index (χ3n) is 3.43. The number of unbranched alkanes of at least 4 members (excludes halogenated alkanes) is 1. The second-order valence-electron chi connectivity index (χ2n) is 5.06. The van der Waals surface area contributed by atoms with E-state index in [0.29, 0.717) is 12.3 Å². The summed E-state index contributed by atoms with van der Waals surface area (Å²) in [6.07, 6.45) is 5.27. The van der Waals surface area contributed by atoms with Crippen LogP contribution in [0.4, 0.5) is 0 Å². The van der Waals surface area contributed by atoms with Crippen LogP contribution in [0.15, 0.2) is 29.2 Å². The molecule has 0 saturated heterocycles. The van der Waals surface area contributed by atoms with Crippen molar-refractivity contribution in [1.29, 1.82) is 0 Å². The van der Waals surface area contributed by atoms with Crippen molar-refractivity contribution < 1.29 is 4.79 Å². The van der Waals surface area contributed by atoms with Gasteiger partial charge in [-0.3, -0.25) is 4.79 Å². The minimum Gasteiger partial charge on any atom is -0.356 e. The van der Waals surface area contributed by atoms with Crippen molar-refractivity contribution in [2.45, 2.75) is 50.8 Å². The van der Waals surface area contributed by atoms with Crippen LogP contribution in [0.2, 0.25) is 0 Å². The summed E-state index contributed by atoms with van der Waals surface area (Å²) in [6.45, 7) is 5.20. The third kappa shape index (κ3) is 6.67. The van der Waals surface area contributed by atoms with Gasteiger partial charge in [0.2, 0.25) is 5.91 Å². The molecule has 0 aliphatic rings. The first-order valence-electron chi connectivity index (χ1n) is 7.20. The highest BCUT2D eigenvalue weighted by atomic mass is 32.1. The maximum Gasteiger partial charge on any atom is 0.224 e. The van der Waals surface area contributed by atoms with Crippen molar-refractivity contribution in [3.63, 3.8) is 0 Å². The van der Waals surface area contributed by atoms with Crippen LogP contribution in [0.5, 0.6) is 0 Å². The smallest absolute Gasteiger partial charge is 0.224 e. The number of amides is 1. The monoisotopic (exact) mass is 279 g/mol. The molecular formula is C16H25NOS. The summed E-state index contributed by atoms with van der Waals surface area (Å²) in [4.78, 5) is 12.8. The third-order valence-corrected chi connectivity index (χ3v) is 3.73. The van der Waals surface area contributed by atoms with Crippen LogP contribution in [0, 0.1) is 5.92 Å². The lowest BCUT2D eigenvalue weighted by atomic mass is 9.99.